The smallest absolute Gasteiger partial charge is 0.354 e. The zero-order valence-corrected chi connectivity index (χ0v) is 12.4. The van der Waals surface area contributed by atoms with Crippen LogP contribution in [0.15, 0.2) is 16.4 Å². The van der Waals surface area contributed by atoms with Gasteiger partial charge in [0.1, 0.15) is 0 Å². The number of carbonyl (C=O) groups is 1. The molecule has 7 heteroatoms. The van der Waals surface area contributed by atoms with E-state index in [9.17, 15) is 4.79 Å². The molecule has 0 aromatic carbocycles. The van der Waals surface area contributed by atoms with Crippen molar-refractivity contribution in [1.29, 1.82) is 0 Å². The average molecular weight is 290 g/mol. The number of aromatic nitrogens is 4. The Morgan fingerprint density at radius 3 is 2.10 bits per heavy atom. The van der Waals surface area contributed by atoms with Gasteiger partial charge in [0.15, 0.2) is 16.0 Å². The van der Waals surface area contributed by atoms with Crippen LogP contribution in [0.3, 0.4) is 0 Å². The second-order valence-electron chi connectivity index (χ2n) is 4.39. The quantitative estimate of drug-likeness (QED) is 0.868. The van der Waals surface area contributed by atoms with Crippen LogP contribution in [-0.2, 0) is 0 Å². The highest BCUT2D eigenvalue weighted by molar-refractivity contribution is 7.99. The Kier molecular flexibility index (Phi) is 3.99. The molecule has 0 atom stereocenters. The lowest BCUT2D eigenvalue weighted by atomic mass is 10.2. The Bertz CT molecular complexity index is 665. The number of aryl methyl sites for hydroxylation is 3. The summed E-state index contributed by atoms with van der Waals surface area (Å²) in [4.78, 5) is 27.9. The number of hydrogen-bond acceptors (Lipinski definition) is 6. The Hall–Kier alpha value is -2.02. The van der Waals surface area contributed by atoms with E-state index in [1.54, 1.807) is 6.92 Å². The minimum atomic E-state index is -1.07. The molecule has 104 valence electrons. The maximum Gasteiger partial charge on any atom is 0.354 e. The third kappa shape index (κ3) is 3.11. The van der Waals surface area contributed by atoms with E-state index in [2.05, 4.69) is 19.9 Å². The summed E-state index contributed by atoms with van der Waals surface area (Å²) in [6, 6.07) is 1.43. The molecule has 0 fully saturated rings. The molecule has 0 saturated carbocycles. The van der Waals surface area contributed by atoms with Gasteiger partial charge < -0.3 is 5.11 Å². The predicted molar refractivity (Wildman–Crippen MR) is 74.1 cm³/mol. The molecule has 1 N–H and O–H groups in total. The lowest BCUT2D eigenvalue weighted by Gasteiger charge is -2.06. The molecule has 0 amide bonds. The van der Waals surface area contributed by atoms with Crippen molar-refractivity contribution in [2.75, 3.05) is 0 Å². The lowest BCUT2D eigenvalue weighted by Crippen LogP contribution is -2.04. The van der Waals surface area contributed by atoms with Crippen LogP contribution in [0.5, 0.6) is 0 Å². The van der Waals surface area contributed by atoms with E-state index >= 15 is 0 Å². The molecule has 0 aliphatic carbocycles. The van der Waals surface area contributed by atoms with Crippen molar-refractivity contribution in [3.63, 3.8) is 0 Å². The van der Waals surface area contributed by atoms with Gasteiger partial charge in [-0.05, 0) is 51.1 Å². The van der Waals surface area contributed by atoms with E-state index in [1.165, 1.54) is 6.07 Å². The fourth-order valence-electron chi connectivity index (χ4n) is 1.57. The topological polar surface area (TPSA) is 88.9 Å². The highest BCUT2D eigenvalue weighted by atomic mass is 32.2. The van der Waals surface area contributed by atoms with Crippen molar-refractivity contribution in [2.45, 2.75) is 38.0 Å². The van der Waals surface area contributed by atoms with Crippen LogP contribution in [0.1, 0.15) is 33.1 Å². The largest absolute Gasteiger partial charge is 0.477 e. The highest BCUT2D eigenvalue weighted by Crippen LogP contribution is 2.23. The van der Waals surface area contributed by atoms with E-state index in [-0.39, 0.29) is 5.69 Å². The van der Waals surface area contributed by atoms with Gasteiger partial charge in [-0.3, -0.25) is 0 Å². The third-order valence-corrected chi connectivity index (χ3v) is 3.58. The molecule has 2 aromatic heterocycles. The minimum absolute atomic E-state index is 0.0273. The molecule has 0 aliphatic rings. The van der Waals surface area contributed by atoms with Crippen molar-refractivity contribution in [2.24, 2.45) is 0 Å². The van der Waals surface area contributed by atoms with Gasteiger partial charge >= 0.3 is 5.97 Å². The van der Waals surface area contributed by atoms with Gasteiger partial charge in [-0.25, -0.2) is 24.7 Å². The van der Waals surface area contributed by atoms with Crippen LogP contribution in [0, 0.1) is 27.7 Å². The van der Waals surface area contributed by atoms with Gasteiger partial charge in [0.25, 0.3) is 0 Å². The summed E-state index contributed by atoms with van der Waals surface area (Å²) in [6.07, 6.45) is 0. The molecule has 0 spiro atoms. The second-order valence-corrected chi connectivity index (χ2v) is 5.32. The number of rotatable bonds is 3. The molecular weight excluding hydrogens is 276 g/mol. The lowest BCUT2D eigenvalue weighted by molar-refractivity contribution is 0.0689. The van der Waals surface area contributed by atoms with Crippen molar-refractivity contribution in [1.82, 2.24) is 19.9 Å². The SMILES string of the molecule is Cc1cc(C(=O)O)nc(Sc2nc(C)c(C)c(C)n2)n1. The monoisotopic (exact) mass is 290 g/mol. The number of nitrogens with zero attached hydrogens (tertiary/aromatic N) is 4. The first-order valence-corrected chi connectivity index (χ1v) is 6.77. The van der Waals surface area contributed by atoms with E-state index in [0.717, 1.165) is 28.7 Å². The second kappa shape index (κ2) is 5.54. The zero-order valence-electron chi connectivity index (χ0n) is 11.6. The van der Waals surface area contributed by atoms with Crippen LogP contribution in [0.25, 0.3) is 0 Å². The molecule has 0 bridgehead atoms. The third-order valence-electron chi connectivity index (χ3n) is 2.85. The Balaban J connectivity index is 2.37. The Labute approximate surface area is 120 Å². The zero-order chi connectivity index (χ0) is 14.9. The fourth-order valence-corrected chi connectivity index (χ4v) is 2.43. The van der Waals surface area contributed by atoms with Gasteiger partial charge in [-0.1, -0.05) is 0 Å². The summed E-state index contributed by atoms with van der Waals surface area (Å²) in [7, 11) is 0. The summed E-state index contributed by atoms with van der Waals surface area (Å²) in [5.41, 5.74) is 3.41. The number of aromatic carboxylic acids is 1. The van der Waals surface area contributed by atoms with E-state index in [0.29, 0.717) is 16.0 Å². The molecule has 0 aliphatic heterocycles. The maximum absolute atomic E-state index is 11.0. The molecule has 0 unspecified atom stereocenters. The molecule has 2 aromatic rings. The fraction of sp³-hybridized carbons (Fsp3) is 0.308. The maximum atomic E-state index is 11.0. The normalized spacial score (nSPS) is 10.6. The van der Waals surface area contributed by atoms with Gasteiger partial charge in [0.2, 0.25) is 0 Å². The Morgan fingerprint density at radius 2 is 1.55 bits per heavy atom. The first-order chi connectivity index (χ1) is 9.36. The standard InChI is InChI=1S/C13H14N4O2S/c1-6-5-10(11(18)19)17-12(14-6)20-13-15-8(3)7(2)9(4)16-13/h5H,1-4H3,(H,18,19). The summed E-state index contributed by atoms with van der Waals surface area (Å²) in [5.74, 6) is -1.07. The Morgan fingerprint density at radius 1 is 1.00 bits per heavy atom. The van der Waals surface area contributed by atoms with Crippen LogP contribution < -0.4 is 0 Å². The summed E-state index contributed by atoms with van der Waals surface area (Å²) in [5, 5.41) is 9.85. The molecular formula is C13H14N4O2S. The van der Waals surface area contributed by atoms with Gasteiger partial charge in [0.05, 0.1) is 0 Å². The van der Waals surface area contributed by atoms with Crippen LogP contribution >= 0.6 is 11.8 Å². The molecule has 6 nitrogen and oxygen atoms in total. The number of hydrogen-bond donors (Lipinski definition) is 1. The van der Waals surface area contributed by atoms with E-state index in [1.807, 2.05) is 20.8 Å². The highest BCUT2D eigenvalue weighted by Gasteiger charge is 2.12. The number of carboxylic acid groups (broad SMARTS) is 1. The molecule has 2 rings (SSSR count). The molecule has 0 radical (unpaired) electrons. The van der Waals surface area contributed by atoms with Crippen molar-refractivity contribution < 1.29 is 9.90 Å². The first kappa shape index (κ1) is 14.4. The van der Waals surface area contributed by atoms with Crippen LogP contribution in [0.2, 0.25) is 0 Å². The van der Waals surface area contributed by atoms with E-state index in [4.69, 9.17) is 5.11 Å². The van der Waals surface area contributed by atoms with Gasteiger partial charge in [0, 0.05) is 17.1 Å². The summed E-state index contributed by atoms with van der Waals surface area (Å²) in [6.45, 7) is 7.51. The number of carboxylic acids is 1. The first-order valence-electron chi connectivity index (χ1n) is 5.95. The van der Waals surface area contributed by atoms with E-state index < -0.39 is 5.97 Å². The van der Waals surface area contributed by atoms with Gasteiger partial charge in [-0.2, -0.15) is 0 Å². The van der Waals surface area contributed by atoms with Crippen LogP contribution in [0.4, 0.5) is 0 Å². The van der Waals surface area contributed by atoms with Crippen molar-refractivity contribution in [3.05, 3.63) is 34.4 Å². The molecule has 20 heavy (non-hydrogen) atoms. The van der Waals surface area contributed by atoms with Crippen molar-refractivity contribution in [3.8, 4) is 0 Å². The molecule has 2 heterocycles. The average Bonchev–Trinajstić information content (AvgIpc) is 2.35. The molecule has 0 saturated heterocycles. The predicted octanol–water partition coefficient (Wildman–Crippen LogP) is 2.35. The van der Waals surface area contributed by atoms with Crippen LogP contribution in [-0.4, -0.2) is 31.0 Å². The van der Waals surface area contributed by atoms with Crippen molar-refractivity contribution >= 4 is 17.7 Å². The van der Waals surface area contributed by atoms with Gasteiger partial charge in [-0.15, -0.1) is 0 Å². The summed E-state index contributed by atoms with van der Waals surface area (Å²) < 4.78 is 0. The minimum Gasteiger partial charge on any atom is -0.477 e. The summed E-state index contributed by atoms with van der Waals surface area (Å²) >= 11 is 1.16.